The van der Waals surface area contributed by atoms with Gasteiger partial charge >= 0.3 is 0 Å². The molecule has 1 aliphatic heterocycles. The van der Waals surface area contributed by atoms with Crippen LogP contribution in [0.1, 0.15) is 5.56 Å². The zero-order valence-corrected chi connectivity index (χ0v) is 15.3. The smallest absolute Gasteiger partial charge is 0.243 e. The maximum absolute atomic E-state index is 12.2. The van der Waals surface area contributed by atoms with Gasteiger partial charge in [-0.2, -0.15) is 0 Å². The molecule has 126 valence electrons. The van der Waals surface area contributed by atoms with Crippen LogP contribution in [0.25, 0.3) is 0 Å². The third-order valence-electron chi connectivity index (χ3n) is 3.53. The van der Waals surface area contributed by atoms with Gasteiger partial charge < -0.3 is 20.1 Å². The van der Waals surface area contributed by atoms with Gasteiger partial charge in [0.25, 0.3) is 0 Å². The fourth-order valence-corrected chi connectivity index (χ4v) is 3.03. The first-order valence-corrected chi connectivity index (χ1v) is 8.59. The molecule has 0 bridgehead atoms. The largest absolute Gasteiger partial charge is 0.486 e. The van der Waals surface area contributed by atoms with Gasteiger partial charge in [-0.3, -0.25) is 4.79 Å². The molecule has 0 radical (unpaired) electrons. The first-order chi connectivity index (χ1) is 11.5. The monoisotopic (exact) mass is 410 g/mol. The van der Waals surface area contributed by atoms with Crippen LogP contribution in [0, 0.1) is 6.92 Å². The molecular weight excluding hydrogens is 396 g/mol. The van der Waals surface area contributed by atoms with E-state index in [0.29, 0.717) is 35.4 Å². The highest BCUT2D eigenvalue weighted by molar-refractivity contribution is 9.10. The number of halogens is 2. The lowest BCUT2D eigenvalue weighted by atomic mass is 10.2. The summed E-state index contributed by atoms with van der Waals surface area (Å²) in [5.41, 5.74) is 2.46. The number of carbonyl (C=O) groups excluding carboxylic acids is 1. The lowest BCUT2D eigenvalue weighted by Gasteiger charge is -2.20. The van der Waals surface area contributed by atoms with Gasteiger partial charge in [0.05, 0.1) is 17.3 Å². The minimum absolute atomic E-state index is 0.132. The first-order valence-electron chi connectivity index (χ1n) is 7.42. The van der Waals surface area contributed by atoms with Crippen LogP contribution in [-0.4, -0.2) is 25.7 Å². The summed E-state index contributed by atoms with van der Waals surface area (Å²) in [4.78, 5) is 12.2. The van der Waals surface area contributed by atoms with Crippen molar-refractivity contribution in [3.05, 3.63) is 45.4 Å². The van der Waals surface area contributed by atoms with Gasteiger partial charge in [0.15, 0.2) is 11.5 Å². The summed E-state index contributed by atoms with van der Waals surface area (Å²) in [6, 6.07) is 9.16. The molecule has 0 fully saturated rings. The summed E-state index contributed by atoms with van der Waals surface area (Å²) in [6.45, 7) is 3.08. The predicted octanol–water partition coefficient (Wildman–Crippen LogP) is 4.23. The molecule has 0 aromatic heterocycles. The molecule has 1 heterocycles. The summed E-state index contributed by atoms with van der Waals surface area (Å²) < 4.78 is 12.0. The van der Waals surface area contributed by atoms with E-state index in [1.165, 1.54) is 0 Å². The minimum atomic E-state index is -0.198. The predicted molar refractivity (Wildman–Crippen MR) is 98.4 cm³/mol. The van der Waals surface area contributed by atoms with Crippen molar-refractivity contribution in [3.63, 3.8) is 0 Å². The standard InChI is InChI=1S/C17H16BrClN2O3/c1-10-6-11(18)2-3-13(10)20-9-17(22)21-14-8-16-15(7-12(14)19)23-4-5-24-16/h2-3,6-8,20H,4-5,9H2,1H3,(H,21,22). The Bertz CT molecular complexity index is 783. The number of amides is 1. The van der Waals surface area contributed by atoms with Gasteiger partial charge in [-0.25, -0.2) is 0 Å². The molecule has 7 heteroatoms. The molecule has 0 unspecified atom stereocenters. The van der Waals surface area contributed by atoms with Gasteiger partial charge in [0.2, 0.25) is 5.91 Å². The number of anilines is 2. The van der Waals surface area contributed by atoms with E-state index in [1.807, 2.05) is 25.1 Å². The third kappa shape index (κ3) is 3.94. The Balaban J connectivity index is 1.64. The number of benzene rings is 2. The van der Waals surface area contributed by atoms with E-state index < -0.39 is 0 Å². The van der Waals surface area contributed by atoms with Crippen LogP contribution >= 0.6 is 27.5 Å². The molecule has 5 nitrogen and oxygen atoms in total. The van der Waals surface area contributed by atoms with Crippen molar-refractivity contribution in [1.82, 2.24) is 0 Å². The quantitative estimate of drug-likeness (QED) is 0.790. The molecule has 0 saturated carbocycles. The number of rotatable bonds is 4. The topological polar surface area (TPSA) is 59.6 Å². The Kier molecular flexibility index (Phi) is 5.16. The van der Waals surface area contributed by atoms with Gasteiger partial charge in [-0.1, -0.05) is 27.5 Å². The molecule has 2 N–H and O–H groups in total. The van der Waals surface area contributed by atoms with Gasteiger partial charge in [-0.05, 0) is 30.7 Å². The van der Waals surface area contributed by atoms with Crippen LogP contribution in [0.5, 0.6) is 11.5 Å². The van der Waals surface area contributed by atoms with E-state index in [4.69, 9.17) is 21.1 Å². The summed E-state index contributed by atoms with van der Waals surface area (Å²) >= 11 is 9.60. The van der Waals surface area contributed by atoms with E-state index in [2.05, 4.69) is 26.6 Å². The van der Waals surface area contributed by atoms with E-state index in [0.717, 1.165) is 15.7 Å². The Morgan fingerprint density at radius 1 is 1.17 bits per heavy atom. The molecule has 24 heavy (non-hydrogen) atoms. The van der Waals surface area contributed by atoms with E-state index in [1.54, 1.807) is 12.1 Å². The maximum atomic E-state index is 12.2. The highest BCUT2D eigenvalue weighted by Crippen LogP contribution is 2.37. The Hall–Kier alpha value is -1.92. The lowest BCUT2D eigenvalue weighted by molar-refractivity contribution is -0.114. The van der Waals surface area contributed by atoms with Crippen molar-refractivity contribution in [2.24, 2.45) is 0 Å². The normalized spacial score (nSPS) is 12.6. The molecule has 3 rings (SSSR count). The number of nitrogens with one attached hydrogen (secondary N) is 2. The minimum Gasteiger partial charge on any atom is -0.486 e. The zero-order chi connectivity index (χ0) is 17.1. The van der Waals surface area contributed by atoms with Gasteiger partial charge in [-0.15, -0.1) is 0 Å². The summed E-state index contributed by atoms with van der Waals surface area (Å²) in [6.07, 6.45) is 0. The molecule has 0 atom stereocenters. The molecule has 0 aliphatic carbocycles. The van der Waals surface area contributed by atoms with Crippen molar-refractivity contribution in [1.29, 1.82) is 0 Å². The highest BCUT2D eigenvalue weighted by Gasteiger charge is 2.16. The van der Waals surface area contributed by atoms with Crippen molar-refractivity contribution in [2.75, 3.05) is 30.4 Å². The summed E-state index contributed by atoms with van der Waals surface area (Å²) in [5.74, 6) is 0.974. The zero-order valence-electron chi connectivity index (χ0n) is 13.0. The number of ether oxygens (including phenoxy) is 2. The second kappa shape index (κ2) is 7.32. The van der Waals surface area contributed by atoms with E-state index >= 15 is 0 Å². The average Bonchev–Trinajstić information content (AvgIpc) is 2.55. The van der Waals surface area contributed by atoms with Crippen LogP contribution in [0.3, 0.4) is 0 Å². The summed E-state index contributed by atoms with van der Waals surface area (Å²) in [7, 11) is 0. The van der Waals surface area contributed by atoms with Crippen LogP contribution in [0.2, 0.25) is 5.02 Å². The Labute approximate surface area is 153 Å². The van der Waals surface area contributed by atoms with Crippen molar-refractivity contribution < 1.29 is 14.3 Å². The molecule has 1 amide bonds. The van der Waals surface area contributed by atoms with E-state index in [-0.39, 0.29) is 12.5 Å². The highest BCUT2D eigenvalue weighted by atomic mass is 79.9. The Morgan fingerprint density at radius 2 is 1.88 bits per heavy atom. The lowest BCUT2D eigenvalue weighted by Crippen LogP contribution is -2.22. The van der Waals surface area contributed by atoms with Crippen LogP contribution < -0.4 is 20.1 Å². The van der Waals surface area contributed by atoms with Crippen LogP contribution in [0.4, 0.5) is 11.4 Å². The molecule has 1 aliphatic rings. The van der Waals surface area contributed by atoms with Crippen molar-refractivity contribution >= 4 is 44.8 Å². The van der Waals surface area contributed by atoms with E-state index in [9.17, 15) is 4.79 Å². The third-order valence-corrected chi connectivity index (χ3v) is 4.34. The van der Waals surface area contributed by atoms with Crippen molar-refractivity contribution in [3.8, 4) is 11.5 Å². The number of fused-ring (bicyclic) bond motifs is 1. The van der Waals surface area contributed by atoms with Crippen molar-refractivity contribution in [2.45, 2.75) is 6.92 Å². The number of carbonyl (C=O) groups is 1. The Morgan fingerprint density at radius 3 is 2.58 bits per heavy atom. The molecule has 0 saturated heterocycles. The number of hydrogen-bond acceptors (Lipinski definition) is 4. The maximum Gasteiger partial charge on any atom is 0.243 e. The molecule has 2 aromatic carbocycles. The van der Waals surface area contributed by atoms with Gasteiger partial charge in [0, 0.05) is 22.3 Å². The molecule has 0 spiro atoms. The second-order valence-corrected chi connectivity index (χ2v) is 6.66. The number of aryl methyl sites for hydroxylation is 1. The fourth-order valence-electron chi connectivity index (χ4n) is 2.36. The average molecular weight is 412 g/mol. The first kappa shape index (κ1) is 16.9. The van der Waals surface area contributed by atoms with Gasteiger partial charge in [0.1, 0.15) is 13.2 Å². The van der Waals surface area contributed by atoms with Crippen LogP contribution in [0.15, 0.2) is 34.8 Å². The fraction of sp³-hybridized carbons (Fsp3) is 0.235. The summed E-state index contributed by atoms with van der Waals surface area (Å²) in [5, 5.41) is 6.30. The SMILES string of the molecule is Cc1cc(Br)ccc1NCC(=O)Nc1cc2c(cc1Cl)OCCO2. The molecule has 2 aromatic rings. The second-order valence-electron chi connectivity index (χ2n) is 5.34. The molecular formula is C17H16BrClN2O3. The number of hydrogen-bond donors (Lipinski definition) is 2. The van der Waals surface area contributed by atoms with Crippen LogP contribution in [-0.2, 0) is 4.79 Å².